The predicted octanol–water partition coefficient (Wildman–Crippen LogP) is 3.29. The van der Waals surface area contributed by atoms with Crippen molar-refractivity contribution in [3.63, 3.8) is 0 Å². The fourth-order valence-electron chi connectivity index (χ4n) is 2.24. The van der Waals surface area contributed by atoms with Crippen LogP contribution in [0.15, 0.2) is 36.8 Å². The van der Waals surface area contributed by atoms with Gasteiger partial charge in [0.25, 0.3) is 0 Å². The van der Waals surface area contributed by atoms with Crippen LogP contribution in [0, 0.1) is 5.82 Å². The van der Waals surface area contributed by atoms with Crippen molar-refractivity contribution < 1.29 is 4.39 Å². The molecule has 0 saturated carbocycles. The molecule has 0 unspecified atom stereocenters. The second-order valence-corrected chi connectivity index (χ2v) is 6.91. The number of fused-ring (bicyclic) bond motifs is 1. The molecule has 2 aromatic heterocycles. The normalized spacial score (nSPS) is 12.0. The smallest absolute Gasteiger partial charge is 0.124 e. The minimum Gasteiger partial charge on any atom is -0.310 e. The Kier molecular flexibility index (Phi) is 4.13. The van der Waals surface area contributed by atoms with E-state index in [0.29, 0.717) is 6.54 Å². The summed E-state index contributed by atoms with van der Waals surface area (Å²) in [6.07, 6.45) is 5.18. The lowest BCUT2D eigenvalue weighted by Crippen LogP contribution is -2.33. The number of thiazole rings is 1. The summed E-state index contributed by atoms with van der Waals surface area (Å²) in [6, 6.07) is 4.69. The highest BCUT2D eigenvalue weighted by atomic mass is 32.1. The van der Waals surface area contributed by atoms with Gasteiger partial charge in [-0.3, -0.25) is 9.97 Å². The van der Waals surface area contributed by atoms with Gasteiger partial charge in [0.05, 0.1) is 15.9 Å². The van der Waals surface area contributed by atoms with Crippen molar-refractivity contribution in [3.05, 3.63) is 53.3 Å². The predicted molar refractivity (Wildman–Crippen MR) is 86.3 cm³/mol. The maximum absolute atomic E-state index is 13.2. The maximum atomic E-state index is 13.2. The Morgan fingerprint density at radius 3 is 2.91 bits per heavy atom. The average Bonchev–Trinajstić information content (AvgIpc) is 2.89. The van der Waals surface area contributed by atoms with E-state index in [2.05, 4.69) is 34.1 Å². The van der Waals surface area contributed by atoms with Gasteiger partial charge in [-0.15, -0.1) is 11.3 Å². The van der Waals surface area contributed by atoms with Crippen LogP contribution in [0.2, 0.25) is 0 Å². The molecule has 3 rings (SSSR count). The number of nitrogens with one attached hydrogen (secondary N) is 1. The standard InChI is InChI=1S/C16H17FN4S/c1-16(2,14-8-18-5-6-20-14)10-19-9-15-21-12-4-3-11(17)7-13(12)22-15/h3-8,19H,9-10H2,1-2H3. The Balaban J connectivity index is 1.64. The van der Waals surface area contributed by atoms with Gasteiger partial charge in [-0.05, 0) is 18.2 Å². The summed E-state index contributed by atoms with van der Waals surface area (Å²) >= 11 is 1.52. The monoisotopic (exact) mass is 316 g/mol. The molecule has 0 fully saturated rings. The third-order valence-corrected chi connectivity index (χ3v) is 4.51. The highest BCUT2D eigenvalue weighted by molar-refractivity contribution is 7.18. The fourth-order valence-corrected chi connectivity index (χ4v) is 3.20. The van der Waals surface area contributed by atoms with Crippen LogP contribution in [0.25, 0.3) is 10.2 Å². The van der Waals surface area contributed by atoms with Gasteiger partial charge in [0.1, 0.15) is 10.8 Å². The number of hydrogen-bond acceptors (Lipinski definition) is 5. The zero-order valence-corrected chi connectivity index (χ0v) is 13.3. The minimum atomic E-state index is -0.223. The summed E-state index contributed by atoms with van der Waals surface area (Å²) in [4.78, 5) is 13.0. The maximum Gasteiger partial charge on any atom is 0.124 e. The largest absolute Gasteiger partial charge is 0.310 e. The number of rotatable bonds is 5. The van der Waals surface area contributed by atoms with E-state index in [1.165, 1.54) is 23.5 Å². The van der Waals surface area contributed by atoms with E-state index in [-0.39, 0.29) is 11.2 Å². The molecule has 6 heteroatoms. The second kappa shape index (κ2) is 6.06. The van der Waals surface area contributed by atoms with Crippen LogP contribution >= 0.6 is 11.3 Å². The van der Waals surface area contributed by atoms with Gasteiger partial charge in [0.15, 0.2) is 0 Å². The van der Waals surface area contributed by atoms with Crippen molar-refractivity contribution in [2.75, 3.05) is 6.54 Å². The lowest BCUT2D eigenvalue weighted by molar-refractivity contribution is 0.455. The minimum absolute atomic E-state index is 0.114. The first-order valence-electron chi connectivity index (χ1n) is 7.07. The molecule has 4 nitrogen and oxygen atoms in total. The van der Waals surface area contributed by atoms with Crippen molar-refractivity contribution >= 4 is 21.6 Å². The average molecular weight is 316 g/mol. The molecular weight excluding hydrogens is 299 g/mol. The van der Waals surface area contributed by atoms with Gasteiger partial charge in [-0.2, -0.15) is 0 Å². The molecule has 0 aliphatic carbocycles. The van der Waals surface area contributed by atoms with Crippen LogP contribution in [0.1, 0.15) is 24.5 Å². The molecular formula is C16H17FN4S. The first kappa shape index (κ1) is 15.0. The first-order valence-corrected chi connectivity index (χ1v) is 7.88. The van der Waals surface area contributed by atoms with E-state index >= 15 is 0 Å². The number of benzene rings is 1. The van der Waals surface area contributed by atoms with E-state index < -0.39 is 0 Å². The van der Waals surface area contributed by atoms with Crippen LogP contribution < -0.4 is 5.32 Å². The topological polar surface area (TPSA) is 50.7 Å². The van der Waals surface area contributed by atoms with Crippen molar-refractivity contribution in [3.8, 4) is 0 Å². The summed E-state index contributed by atoms with van der Waals surface area (Å²) in [5.74, 6) is -0.223. The Labute approximate surface area is 132 Å². The van der Waals surface area contributed by atoms with Crippen molar-refractivity contribution in [2.45, 2.75) is 25.8 Å². The Morgan fingerprint density at radius 1 is 1.27 bits per heavy atom. The molecule has 0 amide bonds. The third-order valence-electron chi connectivity index (χ3n) is 3.49. The summed E-state index contributed by atoms with van der Waals surface area (Å²) < 4.78 is 14.1. The molecule has 0 aliphatic heterocycles. The van der Waals surface area contributed by atoms with E-state index in [0.717, 1.165) is 27.5 Å². The third kappa shape index (κ3) is 3.28. The van der Waals surface area contributed by atoms with Crippen molar-refractivity contribution in [1.82, 2.24) is 20.3 Å². The number of hydrogen-bond donors (Lipinski definition) is 1. The lowest BCUT2D eigenvalue weighted by Gasteiger charge is -2.23. The molecule has 3 aromatic rings. The van der Waals surface area contributed by atoms with Gasteiger partial charge < -0.3 is 5.32 Å². The van der Waals surface area contributed by atoms with Crippen LogP contribution in [0.5, 0.6) is 0 Å². The molecule has 22 heavy (non-hydrogen) atoms. The van der Waals surface area contributed by atoms with E-state index in [1.807, 2.05) is 0 Å². The Hall–Kier alpha value is -1.92. The molecule has 1 aromatic carbocycles. The highest BCUT2D eigenvalue weighted by Gasteiger charge is 2.22. The highest BCUT2D eigenvalue weighted by Crippen LogP contribution is 2.23. The van der Waals surface area contributed by atoms with Crippen LogP contribution in [-0.2, 0) is 12.0 Å². The van der Waals surface area contributed by atoms with Crippen molar-refractivity contribution in [1.29, 1.82) is 0 Å². The zero-order valence-electron chi connectivity index (χ0n) is 12.5. The summed E-state index contributed by atoms with van der Waals surface area (Å²) in [7, 11) is 0. The SMILES string of the molecule is CC(C)(CNCc1nc2ccc(F)cc2s1)c1cnccn1. The lowest BCUT2D eigenvalue weighted by atomic mass is 9.89. The van der Waals surface area contributed by atoms with Gasteiger partial charge >= 0.3 is 0 Å². The molecule has 2 heterocycles. The number of nitrogens with zero attached hydrogens (tertiary/aromatic N) is 3. The first-order chi connectivity index (χ1) is 10.5. The van der Waals surface area contributed by atoms with Gasteiger partial charge in [0.2, 0.25) is 0 Å². The Morgan fingerprint density at radius 2 is 2.14 bits per heavy atom. The molecule has 0 saturated heterocycles. The van der Waals surface area contributed by atoms with E-state index in [9.17, 15) is 4.39 Å². The van der Waals surface area contributed by atoms with Gasteiger partial charge in [-0.25, -0.2) is 9.37 Å². The molecule has 0 spiro atoms. The van der Waals surface area contributed by atoms with Gasteiger partial charge in [0, 0.05) is 37.1 Å². The quantitative estimate of drug-likeness (QED) is 0.785. The van der Waals surface area contributed by atoms with E-state index in [4.69, 9.17) is 0 Å². The number of aromatic nitrogens is 3. The second-order valence-electron chi connectivity index (χ2n) is 5.80. The molecule has 1 N–H and O–H groups in total. The molecule has 0 atom stereocenters. The van der Waals surface area contributed by atoms with Crippen LogP contribution in [0.3, 0.4) is 0 Å². The van der Waals surface area contributed by atoms with Crippen molar-refractivity contribution in [2.24, 2.45) is 0 Å². The summed E-state index contributed by atoms with van der Waals surface area (Å²) in [5.41, 5.74) is 1.68. The zero-order chi connectivity index (χ0) is 15.6. The van der Waals surface area contributed by atoms with Crippen LogP contribution in [0.4, 0.5) is 4.39 Å². The van der Waals surface area contributed by atoms with E-state index in [1.54, 1.807) is 24.7 Å². The fraction of sp³-hybridized carbons (Fsp3) is 0.312. The number of halogens is 1. The Bertz CT molecular complexity index is 770. The van der Waals surface area contributed by atoms with Gasteiger partial charge in [-0.1, -0.05) is 13.8 Å². The molecule has 0 aliphatic rings. The molecule has 0 bridgehead atoms. The molecule has 0 radical (unpaired) electrons. The summed E-state index contributed by atoms with van der Waals surface area (Å²) in [6.45, 7) is 5.66. The van der Waals surface area contributed by atoms with Crippen LogP contribution in [-0.4, -0.2) is 21.5 Å². The molecule has 114 valence electrons. The summed E-state index contributed by atoms with van der Waals surface area (Å²) in [5, 5.41) is 4.36.